The molecule has 0 aliphatic carbocycles. The Balaban J connectivity index is 2.42. The number of hydrogen-bond donors (Lipinski definition) is 0. The molecule has 0 amide bonds. The van der Waals surface area contributed by atoms with Gasteiger partial charge in [0.2, 0.25) is 0 Å². The van der Waals surface area contributed by atoms with Crippen molar-refractivity contribution in [2.75, 3.05) is 0 Å². The molecule has 0 unspecified atom stereocenters. The average Bonchev–Trinajstić information content (AvgIpc) is 2.55. The van der Waals surface area contributed by atoms with Gasteiger partial charge in [-0.25, -0.2) is 4.98 Å². The summed E-state index contributed by atoms with van der Waals surface area (Å²) >= 11 is 1.79. The highest BCUT2D eigenvalue weighted by molar-refractivity contribution is 7.18. The van der Waals surface area contributed by atoms with E-state index in [0.717, 1.165) is 6.42 Å². The smallest absolute Gasteiger partial charge is 0.0907 e. The summed E-state index contributed by atoms with van der Waals surface area (Å²) in [5, 5.41) is 1.17. The summed E-state index contributed by atoms with van der Waals surface area (Å²) in [6, 6.07) is 6.51. The molecule has 0 saturated heterocycles. The van der Waals surface area contributed by atoms with Gasteiger partial charge >= 0.3 is 0 Å². The Morgan fingerprint density at radius 3 is 3.00 bits per heavy atom. The number of aromatic nitrogens is 1. The predicted octanol–water partition coefficient (Wildman–Crippen LogP) is 3.95. The molecule has 2 aromatic rings. The number of para-hydroxylation sites is 1. The normalized spacial score (nSPS) is 11.0. The summed E-state index contributed by atoms with van der Waals surface area (Å²) in [4.78, 5) is 4.58. The van der Waals surface area contributed by atoms with E-state index < -0.39 is 0 Å². The van der Waals surface area contributed by atoms with E-state index in [1.165, 1.54) is 33.6 Å². The number of benzene rings is 1. The summed E-state index contributed by atoms with van der Waals surface area (Å²) in [6.07, 6.45) is 3.67. The fourth-order valence-corrected chi connectivity index (χ4v) is 2.56. The van der Waals surface area contributed by atoms with Crippen LogP contribution in [0.25, 0.3) is 10.2 Å². The molecular formula is C12H15NS. The molecule has 0 spiro atoms. The molecular weight excluding hydrogens is 190 g/mol. The van der Waals surface area contributed by atoms with Gasteiger partial charge in [-0.15, -0.1) is 11.3 Å². The van der Waals surface area contributed by atoms with Gasteiger partial charge in [0.15, 0.2) is 0 Å². The minimum atomic E-state index is 1.16. The van der Waals surface area contributed by atoms with E-state index in [-0.39, 0.29) is 0 Å². The third-order valence-corrected chi connectivity index (χ3v) is 3.35. The molecule has 1 nitrogen and oxygen atoms in total. The lowest BCUT2D eigenvalue weighted by molar-refractivity contribution is 0.798. The maximum Gasteiger partial charge on any atom is 0.0907 e. The number of nitrogens with zero attached hydrogens (tertiary/aromatic N) is 1. The Hall–Kier alpha value is -0.890. The molecule has 0 atom stereocenters. The van der Waals surface area contributed by atoms with E-state index in [1.807, 2.05) is 0 Å². The van der Waals surface area contributed by atoms with Crippen LogP contribution in [-0.4, -0.2) is 4.98 Å². The standard InChI is InChI=1S/C12H15NS/c1-3-4-6-10-7-5-8-11-12(10)13-9(2)14-11/h5,7-8H,3-4,6H2,1-2H3. The highest BCUT2D eigenvalue weighted by atomic mass is 32.1. The third-order valence-electron chi connectivity index (χ3n) is 2.41. The first-order valence-corrected chi connectivity index (χ1v) is 5.98. The molecule has 1 heterocycles. The Kier molecular flexibility index (Phi) is 2.82. The van der Waals surface area contributed by atoms with Crippen molar-refractivity contribution in [2.45, 2.75) is 33.1 Å². The van der Waals surface area contributed by atoms with Gasteiger partial charge in [-0.3, -0.25) is 0 Å². The molecule has 1 aromatic carbocycles. The van der Waals surface area contributed by atoms with E-state index >= 15 is 0 Å². The molecule has 0 radical (unpaired) electrons. The Bertz CT molecular complexity index is 431. The van der Waals surface area contributed by atoms with Crippen molar-refractivity contribution in [1.82, 2.24) is 4.98 Å². The van der Waals surface area contributed by atoms with Crippen molar-refractivity contribution in [3.8, 4) is 0 Å². The average molecular weight is 205 g/mol. The van der Waals surface area contributed by atoms with E-state index in [0.29, 0.717) is 0 Å². The number of aryl methyl sites for hydroxylation is 2. The predicted molar refractivity (Wildman–Crippen MR) is 63.0 cm³/mol. The van der Waals surface area contributed by atoms with Crippen LogP contribution in [0.4, 0.5) is 0 Å². The zero-order chi connectivity index (χ0) is 9.97. The summed E-state index contributed by atoms with van der Waals surface area (Å²) < 4.78 is 1.33. The van der Waals surface area contributed by atoms with Crippen molar-refractivity contribution in [1.29, 1.82) is 0 Å². The molecule has 0 bridgehead atoms. The first-order valence-electron chi connectivity index (χ1n) is 5.16. The Morgan fingerprint density at radius 2 is 2.21 bits per heavy atom. The van der Waals surface area contributed by atoms with Crippen LogP contribution in [0.5, 0.6) is 0 Å². The summed E-state index contributed by atoms with van der Waals surface area (Å²) in [6.45, 7) is 4.31. The van der Waals surface area contributed by atoms with Gasteiger partial charge in [0, 0.05) is 0 Å². The molecule has 74 valence electrons. The van der Waals surface area contributed by atoms with Gasteiger partial charge < -0.3 is 0 Å². The van der Waals surface area contributed by atoms with Gasteiger partial charge in [-0.1, -0.05) is 25.5 Å². The zero-order valence-corrected chi connectivity index (χ0v) is 9.53. The summed E-state index contributed by atoms with van der Waals surface area (Å²) in [7, 11) is 0. The molecule has 0 aliphatic rings. The molecule has 14 heavy (non-hydrogen) atoms. The molecule has 0 fully saturated rings. The molecule has 1 aromatic heterocycles. The minimum Gasteiger partial charge on any atom is -0.241 e. The van der Waals surface area contributed by atoms with Crippen LogP contribution in [0.2, 0.25) is 0 Å². The number of fused-ring (bicyclic) bond motifs is 1. The van der Waals surface area contributed by atoms with Gasteiger partial charge in [0.1, 0.15) is 0 Å². The molecule has 0 aliphatic heterocycles. The van der Waals surface area contributed by atoms with Crippen molar-refractivity contribution in [3.63, 3.8) is 0 Å². The second-order valence-corrected chi connectivity index (χ2v) is 4.84. The van der Waals surface area contributed by atoms with Crippen LogP contribution < -0.4 is 0 Å². The fourth-order valence-electron chi connectivity index (χ4n) is 1.69. The van der Waals surface area contributed by atoms with Crippen molar-refractivity contribution < 1.29 is 0 Å². The fraction of sp³-hybridized carbons (Fsp3) is 0.417. The van der Waals surface area contributed by atoms with E-state index in [9.17, 15) is 0 Å². The van der Waals surface area contributed by atoms with Crippen LogP contribution >= 0.6 is 11.3 Å². The number of unbranched alkanes of at least 4 members (excludes halogenated alkanes) is 1. The van der Waals surface area contributed by atoms with Crippen LogP contribution in [0.1, 0.15) is 30.3 Å². The van der Waals surface area contributed by atoms with Crippen molar-refractivity contribution in [3.05, 3.63) is 28.8 Å². The lowest BCUT2D eigenvalue weighted by Gasteiger charge is -1.99. The van der Waals surface area contributed by atoms with Crippen molar-refractivity contribution in [2.24, 2.45) is 0 Å². The minimum absolute atomic E-state index is 1.16. The maximum atomic E-state index is 4.58. The molecule has 0 saturated carbocycles. The van der Waals surface area contributed by atoms with Crippen molar-refractivity contribution >= 4 is 21.6 Å². The first kappa shape index (κ1) is 9.66. The first-order chi connectivity index (χ1) is 6.81. The summed E-state index contributed by atoms with van der Waals surface area (Å²) in [5.41, 5.74) is 2.64. The Labute approximate surface area is 88.8 Å². The maximum absolute atomic E-state index is 4.58. The highest BCUT2D eigenvalue weighted by Crippen LogP contribution is 2.25. The van der Waals surface area contributed by atoms with Crippen LogP contribution in [0.3, 0.4) is 0 Å². The SMILES string of the molecule is CCCCc1cccc2sc(C)nc12. The van der Waals surface area contributed by atoms with E-state index in [4.69, 9.17) is 0 Å². The molecule has 0 N–H and O–H groups in total. The third kappa shape index (κ3) is 1.80. The summed E-state index contributed by atoms with van der Waals surface area (Å²) in [5.74, 6) is 0. The zero-order valence-electron chi connectivity index (χ0n) is 8.71. The largest absolute Gasteiger partial charge is 0.241 e. The topological polar surface area (TPSA) is 12.9 Å². The van der Waals surface area contributed by atoms with Crippen LogP contribution in [-0.2, 0) is 6.42 Å². The highest BCUT2D eigenvalue weighted by Gasteiger charge is 2.04. The van der Waals surface area contributed by atoms with Gasteiger partial charge in [0.25, 0.3) is 0 Å². The monoisotopic (exact) mass is 205 g/mol. The van der Waals surface area contributed by atoms with Crippen LogP contribution in [0.15, 0.2) is 18.2 Å². The van der Waals surface area contributed by atoms with Gasteiger partial charge in [-0.05, 0) is 31.4 Å². The second-order valence-electron chi connectivity index (χ2n) is 3.60. The molecule has 2 rings (SSSR count). The lowest BCUT2D eigenvalue weighted by atomic mass is 10.1. The number of hydrogen-bond acceptors (Lipinski definition) is 2. The quantitative estimate of drug-likeness (QED) is 0.739. The van der Waals surface area contributed by atoms with Gasteiger partial charge in [0.05, 0.1) is 15.2 Å². The Morgan fingerprint density at radius 1 is 1.36 bits per heavy atom. The van der Waals surface area contributed by atoms with Gasteiger partial charge in [-0.2, -0.15) is 0 Å². The number of rotatable bonds is 3. The second kappa shape index (κ2) is 4.09. The number of thiazole rings is 1. The van der Waals surface area contributed by atoms with Crippen LogP contribution in [0, 0.1) is 6.92 Å². The van der Waals surface area contributed by atoms with E-state index in [1.54, 1.807) is 11.3 Å². The lowest BCUT2D eigenvalue weighted by Crippen LogP contribution is -1.86. The molecule has 2 heteroatoms. The van der Waals surface area contributed by atoms with E-state index in [2.05, 4.69) is 37.0 Å².